The zero-order chi connectivity index (χ0) is 20.5. The molecule has 1 aromatic rings. The van der Waals surface area contributed by atoms with Crippen molar-refractivity contribution in [2.24, 2.45) is 5.92 Å². The van der Waals surface area contributed by atoms with E-state index >= 15 is 0 Å². The van der Waals surface area contributed by atoms with E-state index in [0.29, 0.717) is 18.4 Å². The van der Waals surface area contributed by atoms with Crippen molar-refractivity contribution in [3.8, 4) is 0 Å². The predicted molar refractivity (Wildman–Crippen MR) is 110 cm³/mol. The lowest BCUT2D eigenvalue weighted by atomic mass is 9.91. The van der Waals surface area contributed by atoms with Crippen molar-refractivity contribution in [3.05, 3.63) is 35.9 Å². The summed E-state index contributed by atoms with van der Waals surface area (Å²) < 4.78 is 0. The minimum atomic E-state index is -1.07. The quantitative estimate of drug-likeness (QED) is 0.413. The number of urea groups is 1. The number of carbonyl (C=O) groups is 3. The maximum atomic E-state index is 12.6. The number of rotatable bonds is 7. The van der Waals surface area contributed by atoms with E-state index in [1.54, 1.807) is 30.3 Å². The van der Waals surface area contributed by atoms with Crippen molar-refractivity contribution in [3.63, 3.8) is 0 Å². The third-order valence-electron chi connectivity index (χ3n) is 5.49. The van der Waals surface area contributed by atoms with Crippen molar-refractivity contribution in [1.82, 2.24) is 10.2 Å². The molecule has 7 heteroatoms. The van der Waals surface area contributed by atoms with E-state index in [2.05, 4.69) is 5.32 Å². The summed E-state index contributed by atoms with van der Waals surface area (Å²) in [5, 5.41) is 12.9. The van der Waals surface area contributed by atoms with Crippen LogP contribution in [-0.2, 0) is 4.79 Å². The van der Waals surface area contributed by atoms with E-state index in [9.17, 15) is 19.5 Å². The van der Waals surface area contributed by atoms with Crippen LogP contribution in [-0.4, -0.2) is 56.4 Å². The number of carbonyl (C=O) groups excluding carboxylic acids is 2. The van der Waals surface area contributed by atoms with Gasteiger partial charge in [0.25, 0.3) is 0 Å². The number of nitrogens with one attached hydrogen (secondary N) is 1. The monoisotopic (exact) mass is 404 g/mol. The third-order valence-corrected chi connectivity index (χ3v) is 6.98. The molecular weight excluding hydrogens is 376 g/mol. The molecule has 28 heavy (non-hydrogen) atoms. The summed E-state index contributed by atoms with van der Waals surface area (Å²) in [4.78, 5) is 38.6. The minimum absolute atomic E-state index is 0.0181. The Balaban J connectivity index is 1.62. The predicted octanol–water partition coefficient (Wildman–Crippen LogP) is 3.42. The van der Waals surface area contributed by atoms with Crippen LogP contribution in [0.4, 0.5) is 4.79 Å². The summed E-state index contributed by atoms with van der Waals surface area (Å²) in [7, 11) is 0. The Morgan fingerprint density at radius 2 is 1.96 bits per heavy atom. The van der Waals surface area contributed by atoms with Gasteiger partial charge in [-0.2, -0.15) is 11.8 Å². The second-order valence-corrected chi connectivity index (χ2v) is 9.78. The van der Waals surface area contributed by atoms with E-state index in [1.807, 2.05) is 37.4 Å². The molecule has 0 aliphatic carbocycles. The van der Waals surface area contributed by atoms with E-state index in [0.717, 1.165) is 12.2 Å². The van der Waals surface area contributed by atoms with Crippen molar-refractivity contribution in [2.45, 2.75) is 62.9 Å². The van der Waals surface area contributed by atoms with Gasteiger partial charge in [-0.15, -0.1) is 0 Å². The number of hydrogen-bond acceptors (Lipinski definition) is 4. The molecule has 1 unspecified atom stereocenters. The Morgan fingerprint density at radius 1 is 1.29 bits per heavy atom. The number of amides is 2. The van der Waals surface area contributed by atoms with Crippen molar-refractivity contribution < 1.29 is 19.5 Å². The number of ketones is 1. The molecule has 2 amide bonds. The molecular formula is C21H28N2O4S. The Labute approximate surface area is 170 Å². The third kappa shape index (κ3) is 4.19. The van der Waals surface area contributed by atoms with Gasteiger partial charge in [-0.3, -0.25) is 9.59 Å². The fraction of sp³-hybridized carbons (Fsp3) is 0.571. The molecule has 2 heterocycles. The molecule has 2 saturated heterocycles. The van der Waals surface area contributed by atoms with Gasteiger partial charge in [-0.05, 0) is 33.6 Å². The molecule has 2 aliphatic rings. The van der Waals surface area contributed by atoms with Crippen LogP contribution >= 0.6 is 11.8 Å². The first-order valence-electron chi connectivity index (χ1n) is 9.73. The van der Waals surface area contributed by atoms with Gasteiger partial charge in [0.2, 0.25) is 0 Å². The number of nitrogens with zero attached hydrogens (tertiary/aromatic N) is 1. The molecule has 2 fully saturated rings. The number of carboxylic acid groups (broad SMARTS) is 1. The molecule has 4 atom stereocenters. The van der Waals surface area contributed by atoms with E-state index in [1.165, 1.54) is 0 Å². The van der Waals surface area contributed by atoms with Crippen LogP contribution in [0.15, 0.2) is 30.3 Å². The molecule has 2 N–H and O–H groups in total. The standard InChI is InChI=1S/C21H28N2O4S/c1-21(2,3)23-17-15(22-20(23)27)12-28-16(17)11-7-10-14(19(25)26)18(24)13-8-5-4-6-9-13/h4-6,8-9,14-17H,7,10-12H2,1-3H3,(H,22,27)(H,25,26)/t14?,15-,16-,17-/m0/s1. The first-order chi connectivity index (χ1) is 13.2. The number of benzene rings is 1. The van der Waals surface area contributed by atoms with Gasteiger partial charge in [0, 0.05) is 22.1 Å². The Kier molecular flexibility index (Phi) is 6.03. The number of fused-ring (bicyclic) bond motifs is 1. The average Bonchev–Trinajstić information content (AvgIpc) is 3.16. The number of hydrogen-bond donors (Lipinski definition) is 2. The summed E-state index contributed by atoms with van der Waals surface area (Å²) in [6.07, 6.45) is 1.75. The van der Waals surface area contributed by atoms with Gasteiger partial charge in [0.05, 0.1) is 12.1 Å². The van der Waals surface area contributed by atoms with Crippen LogP contribution in [0.5, 0.6) is 0 Å². The zero-order valence-corrected chi connectivity index (χ0v) is 17.4. The van der Waals surface area contributed by atoms with Gasteiger partial charge in [0.15, 0.2) is 5.78 Å². The Morgan fingerprint density at radius 3 is 2.57 bits per heavy atom. The number of thioether (sulfide) groups is 1. The van der Waals surface area contributed by atoms with Crippen LogP contribution in [0.3, 0.4) is 0 Å². The topological polar surface area (TPSA) is 86.7 Å². The highest BCUT2D eigenvalue weighted by atomic mass is 32.2. The summed E-state index contributed by atoms with van der Waals surface area (Å²) in [6.45, 7) is 6.11. The molecule has 6 nitrogen and oxygen atoms in total. The molecule has 1 aromatic carbocycles. The molecule has 0 aromatic heterocycles. The van der Waals surface area contributed by atoms with Crippen molar-refractivity contribution in [1.29, 1.82) is 0 Å². The summed E-state index contributed by atoms with van der Waals surface area (Å²) in [5.74, 6) is -1.55. The Bertz CT molecular complexity index is 747. The van der Waals surface area contributed by atoms with Crippen LogP contribution in [0.2, 0.25) is 0 Å². The van der Waals surface area contributed by atoms with Crippen molar-refractivity contribution >= 4 is 29.5 Å². The Hall–Kier alpha value is -2.02. The fourth-order valence-electron chi connectivity index (χ4n) is 4.22. The van der Waals surface area contributed by atoms with Crippen molar-refractivity contribution in [2.75, 3.05) is 5.75 Å². The second-order valence-electron chi connectivity index (χ2n) is 8.51. The summed E-state index contributed by atoms with van der Waals surface area (Å²) in [5.41, 5.74) is 0.175. The number of carboxylic acids is 1. The molecule has 0 bridgehead atoms. The average molecular weight is 405 g/mol. The van der Waals surface area contributed by atoms with E-state index in [4.69, 9.17) is 0 Å². The highest BCUT2D eigenvalue weighted by molar-refractivity contribution is 8.00. The van der Waals surface area contributed by atoms with Gasteiger partial charge in [0.1, 0.15) is 5.92 Å². The smallest absolute Gasteiger partial charge is 0.318 e. The molecule has 2 aliphatic heterocycles. The lowest BCUT2D eigenvalue weighted by Gasteiger charge is -2.38. The first-order valence-corrected chi connectivity index (χ1v) is 10.8. The molecule has 0 spiro atoms. The maximum absolute atomic E-state index is 12.6. The van der Waals surface area contributed by atoms with Crippen LogP contribution in [0, 0.1) is 5.92 Å². The molecule has 3 rings (SSSR count). The SMILES string of the molecule is CC(C)(C)N1C(=O)N[C@H]2CS[C@@H](CCCC(C(=O)O)C(=O)c3ccccc3)[C@H]21. The van der Waals surface area contributed by atoms with Gasteiger partial charge >= 0.3 is 12.0 Å². The fourth-order valence-corrected chi connectivity index (χ4v) is 5.80. The summed E-state index contributed by atoms with van der Waals surface area (Å²) in [6, 6.07) is 8.85. The van der Waals surface area contributed by atoms with E-state index in [-0.39, 0.29) is 34.7 Å². The number of aliphatic carboxylic acids is 1. The molecule has 152 valence electrons. The normalized spacial score (nSPS) is 25.3. The highest BCUT2D eigenvalue weighted by Gasteiger charge is 2.51. The largest absolute Gasteiger partial charge is 0.481 e. The first kappa shape index (κ1) is 20.7. The zero-order valence-electron chi connectivity index (χ0n) is 16.6. The van der Waals surface area contributed by atoms with E-state index < -0.39 is 11.9 Å². The maximum Gasteiger partial charge on any atom is 0.318 e. The number of Topliss-reactive ketones (excluding diaryl/α,β-unsaturated/α-hetero) is 1. The summed E-state index contributed by atoms with van der Waals surface area (Å²) >= 11 is 1.83. The molecule has 0 saturated carbocycles. The van der Waals surface area contributed by atoms with Crippen LogP contribution in [0.25, 0.3) is 0 Å². The lowest BCUT2D eigenvalue weighted by Crippen LogP contribution is -2.51. The van der Waals surface area contributed by atoms with Gasteiger partial charge in [-0.25, -0.2) is 4.79 Å². The van der Waals surface area contributed by atoms with Gasteiger partial charge < -0.3 is 15.3 Å². The van der Waals surface area contributed by atoms with Crippen LogP contribution < -0.4 is 5.32 Å². The minimum Gasteiger partial charge on any atom is -0.481 e. The second kappa shape index (κ2) is 8.15. The lowest BCUT2D eigenvalue weighted by molar-refractivity contribution is -0.140. The van der Waals surface area contributed by atoms with Gasteiger partial charge in [-0.1, -0.05) is 36.8 Å². The van der Waals surface area contributed by atoms with Crippen LogP contribution in [0.1, 0.15) is 50.4 Å². The highest BCUT2D eigenvalue weighted by Crippen LogP contribution is 2.40. The molecule has 0 radical (unpaired) electrons.